The van der Waals surface area contributed by atoms with E-state index in [2.05, 4.69) is 21.0 Å². The van der Waals surface area contributed by atoms with E-state index in [4.69, 9.17) is 0 Å². The summed E-state index contributed by atoms with van der Waals surface area (Å²) in [5, 5.41) is 0. The third-order valence-electron chi connectivity index (χ3n) is 2.64. The number of hydrogen-bond acceptors (Lipinski definition) is 3. The van der Waals surface area contributed by atoms with E-state index in [0.29, 0.717) is 6.04 Å². The summed E-state index contributed by atoms with van der Waals surface area (Å²) in [7, 11) is 0. The van der Waals surface area contributed by atoms with Gasteiger partial charge in [-0.3, -0.25) is 4.98 Å². The van der Waals surface area contributed by atoms with E-state index in [-0.39, 0.29) is 0 Å². The zero-order valence-electron chi connectivity index (χ0n) is 8.76. The summed E-state index contributed by atoms with van der Waals surface area (Å²) in [4.78, 5) is 12.4. The quantitative estimate of drug-likeness (QED) is 0.677. The molecule has 2 rings (SSSR count). The largest absolute Gasteiger partial charge is 0.262 e. The fourth-order valence-electron chi connectivity index (χ4n) is 1.80. The van der Waals surface area contributed by atoms with E-state index < -0.39 is 0 Å². The van der Waals surface area contributed by atoms with Gasteiger partial charge in [0.2, 0.25) is 0 Å². The van der Waals surface area contributed by atoms with Gasteiger partial charge in [0.1, 0.15) is 0 Å². The Hall–Kier alpha value is -1.47. The Bertz CT molecular complexity index is 346. The van der Waals surface area contributed by atoms with Gasteiger partial charge in [0.05, 0.1) is 23.9 Å². The fraction of sp³-hybridized carbons (Fsp3) is 0.500. The smallest absolute Gasteiger partial charge is 0.0952 e. The number of aromatic nitrogens is 1. The predicted octanol–water partition coefficient (Wildman–Crippen LogP) is 3.22. The first-order valence-electron chi connectivity index (χ1n) is 5.51. The summed E-state index contributed by atoms with van der Waals surface area (Å²) in [6.07, 6.45) is 9.77. The molecule has 1 aliphatic carbocycles. The highest BCUT2D eigenvalue weighted by Crippen LogP contribution is 2.19. The minimum absolute atomic E-state index is 0.444. The zero-order chi connectivity index (χ0) is 10.3. The summed E-state index contributed by atoms with van der Waals surface area (Å²) in [6.45, 7) is 0. The standard InChI is InChI=1S/C12H15N3/c1-2-5-11(6-3-1)14-10-15-12-7-4-8-13-9-12/h4,7-9,11H,1-3,5-6H2. The summed E-state index contributed by atoms with van der Waals surface area (Å²) in [5.74, 6) is 0. The van der Waals surface area contributed by atoms with Crippen molar-refractivity contribution in [1.82, 2.24) is 4.98 Å². The molecule has 1 saturated carbocycles. The van der Waals surface area contributed by atoms with Gasteiger partial charge >= 0.3 is 0 Å². The lowest BCUT2D eigenvalue weighted by atomic mass is 9.96. The SMILES string of the molecule is C(=Nc1cccnc1)=NC1CCCCC1. The van der Waals surface area contributed by atoms with Crippen LogP contribution in [0.5, 0.6) is 0 Å². The van der Waals surface area contributed by atoms with Gasteiger partial charge in [0.25, 0.3) is 0 Å². The molecule has 0 atom stereocenters. The summed E-state index contributed by atoms with van der Waals surface area (Å²) in [6, 6.07) is 6.99. The van der Waals surface area contributed by atoms with Gasteiger partial charge in [-0.1, -0.05) is 19.3 Å². The van der Waals surface area contributed by atoms with Crippen molar-refractivity contribution >= 4 is 11.7 Å². The summed E-state index contributed by atoms with van der Waals surface area (Å²) >= 11 is 0. The lowest BCUT2D eigenvalue weighted by molar-refractivity contribution is 0.444. The lowest BCUT2D eigenvalue weighted by Crippen LogP contribution is -2.08. The second kappa shape index (κ2) is 5.42. The second-order valence-corrected chi connectivity index (χ2v) is 3.84. The zero-order valence-corrected chi connectivity index (χ0v) is 8.76. The average Bonchev–Trinajstić information content (AvgIpc) is 2.32. The van der Waals surface area contributed by atoms with Crippen LogP contribution in [0.1, 0.15) is 32.1 Å². The first-order chi connectivity index (χ1) is 7.45. The van der Waals surface area contributed by atoms with Crippen LogP contribution in [-0.2, 0) is 0 Å². The Morgan fingerprint density at radius 1 is 1.27 bits per heavy atom. The third kappa shape index (κ3) is 3.30. The van der Waals surface area contributed by atoms with Gasteiger partial charge in [0.15, 0.2) is 0 Å². The molecule has 0 unspecified atom stereocenters. The molecule has 0 saturated heterocycles. The number of rotatable bonds is 2. The van der Waals surface area contributed by atoms with Crippen LogP contribution in [-0.4, -0.2) is 17.0 Å². The molecule has 1 aliphatic rings. The van der Waals surface area contributed by atoms with E-state index >= 15 is 0 Å². The van der Waals surface area contributed by atoms with Gasteiger partial charge < -0.3 is 0 Å². The molecule has 0 radical (unpaired) electrons. The molecule has 0 N–H and O–H groups in total. The van der Waals surface area contributed by atoms with Crippen molar-refractivity contribution in [3.63, 3.8) is 0 Å². The average molecular weight is 201 g/mol. The van der Waals surface area contributed by atoms with E-state index in [1.807, 2.05) is 12.1 Å². The van der Waals surface area contributed by atoms with Gasteiger partial charge in [-0.25, -0.2) is 4.99 Å². The second-order valence-electron chi connectivity index (χ2n) is 3.84. The fourth-order valence-corrected chi connectivity index (χ4v) is 1.80. The Morgan fingerprint density at radius 2 is 2.13 bits per heavy atom. The Morgan fingerprint density at radius 3 is 2.87 bits per heavy atom. The molecular weight excluding hydrogens is 186 g/mol. The van der Waals surface area contributed by atoms with Crippen LogP contribution in [0.2, 0.25) is 0 Å². The molecule has 1 fully saturated rings. The summed E-state index contributed by atoms with van der Waals surface area (Å²) in [5.41, 5.74) is 0.817. The van der Waals surface area contributed by atoms with Gasteiger partial charge in [0, 0.05) is 6.20 Å². The monoisotopic (exact) mass is 201 g/mol. The molecule has 0 amide bonds. The molecule has 0 aromatic carbocycles. The Kier molecular flexibility index (Phi) is 3.64. The van der Waals surface area contributed by atoms with Crippen molar-refractivity contribution in [3.8, 4) is 0 Å². The molecule has 1 aromatic heterocycles. The van der Waals surface area contributed by atoms with Crippen molar-refractivity contribution in [2.24, 2.45) is 9.98 Å². The predicted molar refractivity (Wildman–Crippen MR) is 60.6 cm³/mol. The van der Waals surface area contributed by atoms with Crippen LogP contribution in [0.4, 0.5) is 5.69 Å². The first kappa shape index (κ1) is 10.1. The Balaban J connectivity index is 1.95. The molecule has 1 heterocycles. The van der Waals surface area contributed by atoms with Crippen LogP contribution in [0.15, 0.2) is 34.5 Å². The molecule has 0 spiro atoms. The minimum Gasteiger partial charge on any atom is -0.262 e. The van der Waals surface area contributed by atoms with E-state index in [1.54, 1.807) is 12.4 Å². The van der Waals surface area contributed by atoms with Crippen molar-refractivity contribution in [2.75, 3.05) is 0 Å². The molecule has 0 aliphatic heterocycles. The lowest BCUT2D eigenvalue weighted by Gasteiger charge is -2.15. The highest BCUT2D eigenvalue weighted by molar-refractivity contribution is 5.51. The van der Waals surface area contributed by atoms with Crippen LogP contribution in [0, 0.1) is 0 Å². The molecule has 78 valence electrons. The highest BCUT2D eigenvalue weighted by atomic mass is 14.9. The maximum absolute atomic E-state index is 4.33. The van der Waals surface area contributed by atoms with Crippen LogP contribution >= 0.6 is 0 Å². The van der Waals surface area contributed by atoms with Crippen molar-refractivity contribution in [2.45, 2.75) is 38.1 Å². The van der Waals surface area contributed by atoms with Gasteiger partial charge in [-0.05, 0) is 25.0 Å². The highest BCUT2D eigenvalue weighted by Gasteiger charge is 2.10. The number of hydrogen-bond donors (Lipinski definition) is 0. The van der Waals surface area contributed by atoms with Gasteiger partial charge in [-0.15, -0.1) is 0 Å². The molecule has 3 nitrogen and oxygen atoms in total. The number of nitrogens with zero attached hydrogens (tertiary/aromatic N) is 3. The van der Waals surface area contributed by atoms with E-state index in [1.165, 1.54) is 32.1 Å². The van der Waals surface area contributed by atoms with Crippen molar-refractivity contribution in [3.05, 3.63) is 24.5 Å². The molecule has 1 aromatic rings. The van der Waals surface area contributed by atoms with Crippen LogP contribution < -0.4 is 0 Å². The summed E-state index contributed by atoms with van der Waals surface area (Å²) < 4.78 is 0. The van der Waals surface area contributed by atoms with Crippen LogP contribution in [0.25, 0.3) is 0 Å². The van der Waals surface area contributed by atoms with Crippen molar-refractivity contribution in [1.29, 1.82) is 0 Å². The molecule has 3 heteroatoms. The van der Waals surface area contributed by atoms with E-state index in [9.17, 15) is 0 Å². The molecule has 0 bridgehead atoms. The number of aliphatic imine (C=N–C) groups is 2. The third-order valence-corrected chi connectivity index (χ3v) is 2.64. The molecule has 15 heavy (non-hydrogen) atoms. The van der Waals surface area contributed by atoms with E-state index in [0.717, 1.165) is 5.69 Å². The topological polar surface area (TPSA) is 37.6 Å². The maximum atomic E-state index is 4.33. The Labute approximate surface area is 90.0 Å². The maximum Gasteiger partial charge on any atom is 0.0952 e. The van der Waals surface area contributed by atoms with Gasteiger partial charge in [-0.2, -0.15) is 4.99 Å². The van der Waals surface area contributed by atoms with Crippen LogP contribution in [0.3, 0.4) is 0 Å². The minimum atomic E-state index is 0.444. The number of pyridine rings is 1. The first-order valence-corrected chi connectivity index (χ1v) is 5.51. The normalized spacial score (nSPS) is 16.8. The van der Waals surface area contributed by atoms with Crippen molar-refractivity contribution < 1.29 is 0 Å². The molecular formula is C12H15N3.